The molecule has 1 saturated heterocycles. The van der Waals surface area contributed by atoms with Gasteiger partial charge in [0, 0.05) is 6.42 Å². The van der Waals surface area contributed by atoms with E-state index in [0.29, 0.717) is 5.82 Å². The maximum atomic E-state index is 6.93. The molecule has 0 aromatic carbocycles. The third kappa shape index (κ3) is 1.36. The van der Waals surface area contributed by atoms with Crippen molar-refractivity contribution < 1.29 is 9.31 Å². The molecule has 1 saturated carbocycles. The van der Waals surface area contributed by atoms with Crippen LogP contribution in [0.4, 0.5) is 0 Å². The zero-order chi connectivity index (χ0) is 10.6. The molecule has 1 aliphatic heterocycles. The molecular formula is C10H16BNO2. The van der Waals surface area contributed by atoms with Gasteiger partial charge in [-0.15, -0.1) is 0 Å². The van der Waals surface area contributed by atoms with Gasteiger partial charge in [-0.05, 0) is 27.7 Å². The third-order valence-corrected chi connectivity index (χ3v) is 3.59. The lowest BCUT2D eigenvalue weighted by Crippen LogP contribution is -2.41. The second-order valence-electron chi connectivity index (χ2n) is 5.22. The smallest absolute Gasteiger partial charge is 0.403 e. The van der Waals surface area contributed by atoms with Gasteiger partial charge in [0.25, 0.3) is 0 Å². The van der Waals surface area contributed by atoms with Crippen LogP contribution in [0.3, 0.4) is 0 Å². The molecule has 0 N–H and O–H groups in total. The van der Waals surface area contributed by atoms with E-state index in [1.54, 1.807) is 0 Å². The van der Waals surface area contributed by atoms with Crippen LogP contribution in [-0.2, 0) is 9.31 Å². The van der Waals surface area contributed by atoms with Crippen molar-refractivity contribution in [2.45, 2.75) is 57.2 Å². The summed E-state index contributed by atoms with van der Waals surface area (Å²) in [7, 11) is -0.167. The first-order chi connectivity index (χ1) is 6.37. The summed E-state index contributed by atoms with van der Waals surface area (Å²) in [6, 6.07) is 0.129. The van der Waals surface area contributed by atoms with Gasteiger partial charge in [-0.3, -0.25) is 0 Å². The quantitative estimate of drug-likeness (QED) is 0.470. The Hall–Kier alpha value is -0.525. The summed E-state index contributed by atoms with van der Waals surface area (Å²) in [6.45, 7) is 15.1. The van der Waals surface area contributed by atoms with Crippen molar-refractivity contribution in [1.29, 1.82) is 0 Å². The Kier molecular flexibility index (Phi) is 1.96. The lowest BCUT2D eigenvalue weighted by Gasteiger charge is -2.32. The second kappa shape index (κ2) is 2.74. The van der Waals surface area contributed by atoms with Crippen LogP contribution in [0.2, 0.25) is 5.82 Å². The highest BCUT2D eigenvalue weighted by Gasteiger charge is 2.63. The predicted molar refractivity (Wildman–Crippen MR) is 54.8 cm³/mol. The Morgan fingerprint density at radius 1 is 1.21 bits per heavy atom. The van der Waals surface area contributed by atoms with Gasteiger partial charge in [-0.25, -0.2) is 6.57 Å². The Morgan fingerprint density at radius 2 is 1.71 bits per heavy atom. The van der Waals surface area contributed by atoms with Crippen LogP contribution in [0.25, 0.3) is 4.85 Å². The molecule has 0 aromatic rings. The summed E-state index contributed by atoms with van der Waals surface area (Å²) in [4.78, 5) is 3.51. The molecule has 1 heterocycles. The van der Waals surface area contributed by atoms with Gasteiger partial charge >= 0.3 is 7.12 Å². The monoisotopic (exact) mass is 193 g/mol. The molecule has 76 valence electrons. The first-order valence-corrected chi connectivity index (χ1v) is 5.09. The van der Waals surface area contributed by atoms with E-state index in [9.17, 15) is 0 Å². The predicted octanol–water partition coefficient (Wildman–Crippen LogP) is 2.14. The van der Waals surface area contributed by atoms with Gasteiger partial charge in [-0.1, -0.05) is 0 Å². The Morgan fingerprint density at radius 3 is 2.07 bits per heavy atom. The van der Waals surface area contributed by atoms with Gasteiger partial charge < -0.3 is 14.2 Å². The lowest BCUT2D eigenvalue weighted by molar-refractivity contribution is 0.00578. The minimum atomic E-state index is -0.257. The number of rotatable bonds is 1. The molecule has 0 amide bonds. The number of hydrogen-bond donors (Lipinski definition) is 0. The van der Waals surface area contributed by atoms with Crippen molar-refractivity contribution in [2.75, 3.05) is 0 Å². The fourth-order valence-electron chi connectivity index (χ4n) is 1.70. The normalized spacial score (nSPS) is 38.1. The summed E-state index contributed by atoms with van der Waals surface area (Å²) in [5, 5.41) is 0. The highest BCUT2D eigenvalue weighted by molar-refractivity contribution is 6.49. The number of hydrogen-bond acceptors (Lipinski definition) is 2. The topological polar surface area (TPSA) is 22.8 Å². The molecule has 2 fully saturated rings. The highest BCUT2D eigenvalue weighted by Crippen LogP contribution is 2.50. The van der Waals surface area contributed by atoms with Crippen molar-refractivity contribution in [3.8, 4) is 0 Å². The van der Waals surface area contributed by atoms with Gasteiger partial charge in [0.15, 0.2) is 0 Å². The van der Waals surface area contributed by atoms with Crippen molar-refractivity contribution in [3.63, 3.8) is 0 Å². The SMILES string of the molecule is [C-]#[N+]C1CC1B1OC(C)(C)C(C)(C)O1. The minimum absolute atomic E-state index is 0.129. The third-order valence-electron chi connectivity index (χ3n) is 3.59. The van der Waals surface area contributed by atoms with E-state index in [-0.39, 0.29) is 24.4 Å². The van der Waals surface area contributed by atoms with Crippen LogP contribution in [0, 0.1) is 6.57 Å². The molecular weight excluding hydrogens is 177 g/mol. The Labute approximate surface area is 85.7 Å². The van der Waals surface area contributed by atoms with Gasteiger partial charge in [0.2, 0.25) is 6.04 Å². The molecule has 4 heteroatoms. The Balaban J connectivity index is 2.05. The van der Waals surface area contributed by atoms with Crippen molar-refractivity contribution >= 4 is 7.12 Å². The molecule has 0 radical (unpaired) electrons. The van der Waals surface area contributed by atoms with Gasteiger partial charge in [0.05, 0.1) is 17.0 Å². The largest absolute Gasteiger partial charge is 0.469 e. The van der Waals surface area contributed by atoms with Crippen molar-refractivity contribution in [1.82, 2.24) is 0 Å². The second-order valence-corrected chi connectivity index (χ2v) is 5.22. The molecule has 2 atom stereocenters. The van der Waals surface area contributed by atoms with Crippen molar-refractivity contribution in [2.24, 2.45) is 0 Å². The summed E-state index contributed by atoms with van der Waals surface area (Å²) >= 11 is 0. The van der Waals surface area contributed by atoms with E-state index in [0.717, 1.165) is 6.42 Å². The molecule has 1 aliphatic carbocycles. The van der Waals surface area contributed by atoms with Gasteiger partial charge in [0.1, 0.15) is 0 Å². The zero-order valence-electron chi connectivity index (χ0n) is 9.20. The van der Waals surface area contributed by atoms with Crippen molar-refractivity contribution in [3.05, 3.63) is 11.4 Å². The highest BCUT2D eigenvalue weighted by atomic mass is 16.7. The average molecular weight is 193 g/mol. The molecule has 2 rings (SSSR count). The van der Waals surface area contributed by atoms with Crippen LogP contribution in [0.15, 0.2) is 0 Å². The molecule has 2 unspecified atom stereocenters. The summed E-state index contributed by atoms with van der Waals surface area (Å²) in [5.74, 6) is 0.300. The standard InChI is InChI=1S/C10H16BNO2/c1-9(2)10(3,4)14-11(13-9)7-6-8(7)12-5/h7-8H,6H2,1-4H3. The molecule has 2 aliphatic rings. The van der Waals surface area contributed by atoms with E-state index in [1.165, 1.54) is 0 Å². The zero-order valence-corrected chi connectivity index (χ0v) is 9.20. The summed E-state index contributed by atoms with van der Waals surface area (Å²) in [5.41, 5.74) is -0.514. The molecule has 0 bridgehead atoms. The Bertz CT molecular complexity index is 279. The lowest BCUT2D eigenvalue weighted by atomic mass is 9.82. The van der Waals surface area contributed by atoms with Gasteiger partial charge in [-0.2, -0.15) is 0 Å². The first kappa shape index (κ1) is 10.0. The molecule has 14 heavy (non-hydrogen) atoms. The van der Waals surface area contributed by atoms with E-state index < -0.39 is 0 Å². The fraction of sp³-hybridized carbons (Fsp3) is 0.900. The van der Waals surface area contributed by atoms with E-state index >= 15 is 0 Å². The molecule has 3 nitrogen and oxygen atoms in total. The van der Waals surface area contributed by atoms with E-state index in [4.69, 9.17) is 15.9 Å². The fourth-order valence-corrected chi connectivity index (χ4v) is 1.70. The van der Waals surface area contributed by atoms with Crippen LogP contribution < -0.4 is 0 Å². The average Bonchev–Trinajstić information content (AvgIpc) is 2.75. The minimum Gasteiger partial charge on any atom is -0.403 e. The molecule has 0 aromatic heterocycles. The number of nitrogens with zero attached hydrogens (tertiary/aromatic N) is 1. The summed E-state index contributed by atoms with van der Waals surface area (Å²) in [6.07, 6.45) is 0.931. The van der Waals surface area contributed by atoms with E-state index in [1.807, 2.05) is 27.7 Å². The van der Waals surface area contributed by atoms with Crippen LogP contribution >= 0.6 is 0 Å². The first-order valence-electron chi connectivity index (χ1n) is 5.09. The van der Waals surface area contributed by atoms with Crippen LogP contribution in [0.1, 0.15) is 34.1 Å². The van der Waals surface area contributed by atoms with Crippen LogP contribution in [0.5, 0.6) is 0 Å². The summed E-state index contributed by atoms with van der Waals surface area (Å²) < 4.78 is 11.7. The maximum absolute atomic E-state index is 6.93. The molecule has 0 spiro atoms. The van der Waals surface area contributed by atoms with Crippen LogP contribution in [-0.4, -0.2) is 24.4 Å². The maximum Gasteiger partial charge on any atom is 0.469 e. The van der Waals surface area contributed by atoms with E-state index in [2.05, 4.69) is 4.85 Å².